The average molecular weight is 585 g/mol. The third-order valence-electron chi connectivity index (χ3n) is 9.63. The minimum Gasteiger partial charge on any atom is -0.309 e. The topological polar surface area (TPSA) is 9.86 Å². The van der Waals surface area contributed by atoms with Crippen molar-refractivity contribution in [1.82, 2.24) is 9.13 Å². The van der Waals surface area contributed by atoms with E-state index in [0.717, 1.165) is 0 Å². The summed E-state index contributed by atoms with van der Waals surface area (Å²) in [6, 6.07) is 62.0. The number of para-hydroxylation sites is 3. The van der Waals surface area contributed by atoms with Gasteiger partial charge in [0.2, 0.25) is 0 Å². The van der Waals surface area contributed by atoms with Crippen molar-refractivity contribution in [1.29, 1.82) is 0 Å². The molecule has 0 aliphatic rings. The van der Waals surface area contributed by atoms with E-state index in [9.17, 15) is 0 Å². The Kier molecular flexibility index (Phi) is 5.31. The largest absolute Gasteiger partial charge is 0.309 e. The summed E-state index contributed by atoms with van der Waals surface area (Å²) in [6.45, 7) is 0. The van der Waals surface area contributed by atoms with Gasteiger partial charge >= 0.3 is 0 Å². The fraction of sp³-hybridized carbons (Fsp3) is 0. The van der Waals surface area contributed by atoms with E-state index in [2.05, 4.69) is 179 Å². The van der Waals surface area contributed by atoms with Crippen molar-refractivity contribution in [3.63, 3.8) is 0 Å². The molecule has 0 fully saturated rings. The number of rotatable bonds is 4. The number of aromatic nitrogens is 2. The van der Waals surface area contributed by atoms with Gasteiger partial charge in [-0.2, -0.15) is 0 Å². The zero-order valence-corrected chi connectivity index (χ0v) is 25.1. The van der Waals surface area contributed by atoms with Crippen LogP contribution in [-0.2, 0) is 0 Å². The van der Waals surface area contributed by atoms with Crippen molar-refractivity contribution in [3.8, 4) is 33.6 Å². The number of benzene rings is 8. The zero-order valence-electron chi connectivity index (χ0n) is 25.1. The molecule has 2 heterocycles. The Balaban J connectivity index is 1.19. The summed E-state index contributed by atoms with van der Waals surface area (Å²) < 4.78 is 4.83. The van der Waals surface area contributed by atoms with Crippen molar-refractivity contribution in [2.45, 2.75) is 0 Å². The van der Waals surface area contributed by atoms with E-state index in [1.54, 1.807) is 0 Å². The predicted molar refractivity (Wildman–Crippen MR) is 195 cm³/mol. The highest BCUT2D eigenvalue weighted by molar-refractivity contribution is 6.25. The monoisotopic (exact) mass is 584 g/mol. The second-order valence-corrected chi connectivity index (χ2v) is 12.2. The zero-order chi connectivity index (χ0) is 30.2. The molecule has 10 aromatic rings. The van der Waals surface area contributed by atoms with Crippen LogP contribution in [-0.4, -0.2) is 9.13 Å². The molecule has 0 radical (unpaired) electrons. The van der Waals surface area contributed by atoms with Gasteiger partial charge in [-0.3, -0.25) is 0 Å². The molecule has 0 saturated carbocycles. The lowest BCUT2D eigenvalue weighted by molar-refractivity contribution is 1.18. The summed E-state index contributed by atoms with van der Waals surface area (Å²) in [6.07, 6.45) is 0. The van der Waals surface area contributed by atoms with Gasteiger partial charge in [-0.25, -0.2) is 0 Å². The third kappa shape index (κ3) is 3.65. The smallest absolute Gasteiger partial charge is 0.0553 e. The molecule has 0 atom stereocenters. The van der Waals surface area contributed by atoms with E-state index in [0.29, 0.717) is 0 Å². The van der Waals surface area contributed by atoms with Gasteiger partial charge in [0.25, 0.3) is 0 Å². The number of fused-ring (bicyclic) bond motifs is 3. The van der Waals surface area contributed by atoms with Gasteiger partial charge in [-0.15, -0.1) is 0 Å². The van der Waals surface area contributed by atoms with Crippen molar-refractivity contribution in [2.75, 3.05) is 0 Å². The van der Waals surface area contributed by atoms with Gasteiger partial charge in [0.05, 0.1) is 22.1 Å². The van der Waals surface area contributed by atoms with Crippen LogP contribution in [0.3, 0.4) is 0 Å². The number of hydrogen-bond acceptors (Lipinski definition) is 0. The molecule has 46 heavy (non-hydrogen) atoms. The molecule has 0 aliphatic carbocycles. The first-order chi connectivity index (χ1) is 22.8. The fourth-order valence-electron chi connectivity index (χ4n) is 7.59. The molecule has 8 aromatic carbocycles. The van der Waals surface area contributed by atoms with E-state index in [4.69, 9.17) is 0 Å². The van der Waals surface area contributed by atoms with Crippen LogP contribution in [0.4, 0.5) is 0 Å². The molecule has 0 saturated heterocycles. The van der Waals surface area contributed by atoms with Crippen LogP contribution in [0.1, 0.15) is 0 Å². The lowest BCUT2D eigenvalue weighted by Gasteiger charge is -2.11. The first kappa shape index (κ1) is 25.2. The highest BCUT2D eigenvalue weighted by atomic mass is 15.0. The molecule has 2 aromatic heterocycles. The lowest BCUT2D eigenvalue weighted by atomic mass is 9.95. The minimum absolute atomic E-state index is 1.17. The predicted octanol–water partition coefficient (Wildman–Crippen LogP) is 11.8. The molecule has 0 unspecified atom stereocenters. The van der Waals surface area contributed by atoms with Crippen LogP contribution in [0.25, 0.3) is 88.0 Å². The molecular formula is C44H28N2. The van der Waals surface area contributed by atoms with Crippen LogP contribution in [0.2, 0.25) is 0 Å². The maximum absolute atomic E-state index is 2.45. The maximum atomic E-state index is 2.45. The Morgan fingerprint density at radius 2 is 0.717 bits per heavy atom. The Morgan fingerprint density at radius 3 is 1.28 bits per heavy atom. The van der Waals surface area contributed by atoms with Gasteiger partial charge in [0.1, 0.15) is 0 Å². The van der Waals surface area contributed by atoms with E-state index in [1.165, 1.54) is 88.0 Å². The second kappa shape index (κ2) is 9.69. The molecule has 0 amide bonds. The van der Waals surface area contributed by atoms with Gasteiger partial charge in [-0.1, -0.05) is 109 Å². The standard InChI is InChI=1S/C44H28N2/c1-3-11-29(12-4-1)33-25-31-19-20-32-26-34(28-42-44(32)43(31)41(27-33)46(42)35-13-5-2-6-14-35)30-21-23-36(24-22-30)45-39-17-9-7-15-37(39)38-16-8-10-18-40(38)45/h1-28H. The van der Waals surface area contributed by atoms with Crippen molar-refractivity contribution >= 4 is 54.4 Å². The molecular weight excluding hydrogens is 556 g/mol. The van der Waals surface area contributed by atoms with E-state index >= 15 is 0 Å². The van der Waals surface area contributed by atoms with Crippen LogP contribution in [0.5, 0.6) is 0 Å². The molecule has 0 spiro atoms. The van der Waals surface area contributed by atoms with Crippen molar-refractivity contribution in [2.24, 2.45) is 0 Å². The molecule has 0 aliphatic heterocycles. The van der Waals surface area contributed by atoms with Gasteiger partial charge in [-0.05, 0) is 93.7 Å². The summed E-state index contributed by atoms with van der Waals surface area (Å²) in [5.41, 5.74) is 12.1. The quantitative estimate of drug-likeness (QED) is 0.182. The normalized spacial score (nSPS) is 11.9. The third-order valence-corrected chi connectivity index (χ3v) is 9.63. The first-order valence-electron chi connectivity index (χ1n) is 15.9. The molecule has 10 rings (SSSR count). The lowest BCUT2D eigenvalue weighted by Crippen LogP contribution is -1.94. The number of hydrogen-bond donors (Lipinski definition) is 0. The summed E-state index contributed by atoms with van der Waals surface area (Å²) in [7, 11) is 0. The van der Waals surface area contributed by atoms with Crippen molar-refractivity contribution in [3.05, 3.63) is 170 Å². The molecule has 0 bridgehead atoms. The molecule has 2 heteroatoms. The Morgan fingerprint density at radius 1 is 0.283 bits per heavy atom. The fourth-order valence-corrected chi connectivity index (χ4v) is 7.59. The summed E-state index contributed by atoms with van der Waals surface area (Å²) in [5.74, 6) is 0. The highest BCUT2D eigenvalue weighted by Crippen LogP contribution is 2.43. The number of nitrogens with zero attached hydrogens (tertiary/aromatic N) is 2. The minimum atomic E-state index is 1.17. The Bertz CT molecular complexity index is 2660. The van der Waals surface area contributed by atoms with Gasteiger partial charge in [0.15, 0.2) is 0 Å². The van der Waals surface area contributed by atoms with Gasteiger partial charge in [0, 0.05) is 32.9 Å². The molecule has 214 valence electrons. The molecule has 2 nitrogen and oxygen atoms in total. The highest BCUT2D eigenvalue weighted by Gasteiger charge is 2.19. The Labute approximate surface area is 266 Å². The summed E-state index contributed by atoms with van der Waals surface area (Å²) in [4.78, 5) is 0. The maximum Gasteiger partial charge on any atom is 0.0553 e. The summed E-state index contributed by atoms with van der Waals surface area (Å²) in [5, 5.41) is 7.74. The summed E-state index contributed by atoms with van der Waals surface area (Å²) >= 11 is 0. The van der Waals surface area contributed by atoms with Crippen LogP contribution in [0.15, 0.2) is 170 Å². The van der Waals surface area contributed by atoms with Crippen LogP contribution < -0.4 is 0 Å². The first-order valence-corrected chi connectivity index (χ1v) is 15.9. The second-order valence-electron chi connectivity index (χ2n) is 12.2. The van der Waals surface area contributed by atoms with Crippen LogP contribution in [0, 0.1) is 0 Å². The van der Waals surface area contributed by atoms with Crippen LogP contribution >= 0.6 is 0 Å². The van der Waals surface area contributed by atoms with Gasteiger partial charge < -0.3 is 9.13 Å². The van der Waals surface area contributed by atoms with Crippen molar-refractivity contribution < 1.29 is 0 Å². The molecule has 0 N–H and O–H groups in total. The SMILES string of the molecule is c1ccc(-c2cc3ccc4cc(-c5ccc(-n6c7ccccc7c7ccccc76)cc5)cc5c4c3c(c2)n5-c2ccccc2)cc1. The average Bonchev–Trinajstić information content (AvgIpc) is 3.65. The Hall–Kier alpha value is -6.12. The van der Waals surface area contributed by atoms with E-state index < -0.39 is 0 Å². The van der Waals surface area contributed by atoms with E-state index in [1.807, 2.05) is 0 Å². The van der Waals surface area contributed by atoms with E-state index in [-0.39, 0.29) is 0 Å².